The highest BCUT2D eigenvalue weighted by molar-refractivity contribution is 8.77. The van der Waals surface area contributed by atoms with E-state index in [4.69, 9.17) is 0 Å². The molecule has 2 aromatic carbocycles. The second-order valence-corrected chi connectivity index (χ2v) is 9.17. The van der Waals surface area contributed by atoms with Crippen molar-refractivity contribution < 1.29 is 0 Å². The molecule has 0 saturated heterocycles. The molecule has 0 radical (unpaired) electrons. The van der Waals surface area contributed by atoms with Crippen molar-refractivity contribution in [2.45, 2.75) is 62.9 Å². The van der Waals surface area contributed by atoms with E-state index in [1.54, 1.807) is 0 Å². The van der Waals surface area contributed by atoms with Gasteiger partial charge in [-0.25, -0.2) is 0 Å². The highest BCUT2D eigenvalue weighted by Gasteiger charge is 2.13. The van der Waals surface area contributed by atoms with Crippen LogP contribution in [-0.4, -0.2) is 10.5 Å². The molecular formula is C22H30S2. The van der Waals surface area contributed by atoms with Crippen molar-refractivity contribution in [2.75, 3.05) is 0 Å². The Morgan fingerprint density at radius 1 is 0.625 bits per heavy atom. The zero-order valence-corrected chi connectivity index (χ0v) is 16.6. The normalized spacial score (nSPS) is 13.6. The maximum Gasteiger partial charge on any atom is 0.0152 e. The number of benzene rings is 2. The molecule has 130 valence electrons. The van der Waals surface area contributed by atoms with Gasteiger partial charge in [-0.1, -0.05) is 96.1 Å². The van der Waals surface area contributed by atoms with Gasteiger partial charge in [-0.15, -0.1) is 0 Å². The third kappa shape index (κ3) is 7.36. The van der Waals surface area contributed by atoms with Crippen LogP contribution in [-0.2, 0) is 12.8 Å². The minimum Gasteiger partial charge on any atom is -0.0904 e. The topological polar surface area (TPSA) is 0 Å². The summed E-state index contributed by atoms with van der Waals surface area (Å²) in [5.41, 5.74) is 2.94. The van der Waals surface area contributed by atoms with E-state index < -0.39 is 0 Å². The molecule has 0 nitrogen and oxygen atoms in total. The van der Waals surface area contributed by atoms with Crippen molar-refractivity contribution in [3.63, 3.8) is 0 Å². The molecule has 0 fully saturated rings. The standard InChI is InChI=1S/C22H30S2/c1-3-21(17-15-19-11-7-5-8-12-19)23-24-22(4-2)18-16-20-13-9-6-10-14-20/h5-14,21-22H,3-4,15-18H2,1-2H3/t21-,22-/m0/s1. The molecule has 0 aliphatic heterocycles. The lowest BCUT2D eigenvalue weighted by Gasteiger charge is -2.19. The molecule has 2 heteroatoms. The van der Waals surface area contributed by atoms with Gasteiger partial charge in [0.1, 0.15) is 0 Å². The van der Waals surface area contributed by atoms with Crippen LogP contribution in [0.1, 0.15) is 50.7 Å². The van der Waals surface area contributed by atoms with Crippen molar-refractivity contribution in [3.8, 4) is 0 Å². The predicted molar refractivity (Wildman–Crippen MR) is 113 cm³/mol. The van der Waals surface area contributed by atoms with E-state index in [0.29, 0.717) is 0 Å². The Balaban J connectivity index is 1.71. The Hall–Kier alpha value is -0.860. The molecule has 0 aliphatic carbocycles. The maximum absolute atomic E-state index is 2.33. The molecular weight excluding hydrogens is 328 g/mol. The SMILES string of the molecule is CC[C@@H](CCc1ccccc1)SS[C@@H](CC)CCc1ccccc1. The van der Waals surface area contributed by atoms with Gasteiger partial charge in [-0.3, -0.25) is 0 Å². The second kappa shape index (κ2) is 11.7. The van der Waals surface area contributed by atoms with E-state index in [-0.39, 0.29) is 0 Å². The average Bonchev–Trinajstić information content (AvgIpc) is 2.65. The van der Waals surface area contributed by atoms with Gasteiger partial charge in [0.05, 0.1) is 0 Å². The van der Waals surface area contributed by atoms with Gasteiger partial charge in [-0.05, 0) is 49.7 Å². The van der Waals surface area contributed by atoms with Crippen LogP contribution < -0.4 is 0 Å². The van der Waals surface area contributed by atoms with Crippen LogP contribution in [0.4, 0.5) is 0 Å². The fourth-order valence-electron chi connectivity index (χ4n) is 2.74. The smallest absolute Gasteiger partial charge is 0.0152 e. The van der Waals surface area contributed by atoms with E-state index in [9.17, 15) is 0 Å². The molecule has 0 unspecified atom stereocenters. The van der Waals surface area contributed by atoms with Crippen molar-refractivity contribution >= 4 is 21.6 Å². The fourth-order valence-corrected chi connectivity index (χ4v) is 6.09. The number of aryl methyl sites for hydroxylation is 2. The summed E-state index contributed by atoms with van der Waals surface area (Å²) in [5.74, 6) is 0. The minimum absolute atomic E-state index is 0.765. The van der Waals surface area contributed by atoms with Gasteiger partial charge >= 0.3 is 0 Å². The Bertz CT molecular complexity index is 487. The van der Waals surface area contributed by atoms with E-state index in [0.717, 1.165) is 10.5 Å². The zero-order valence-electron chi connectivity index (χ0n) is 15.0. The summed E-state index contributed by atoms with van der Waals surface area (Å²) < 4.78 is 0. The molecule has 0 aromatic heterocycles. The van der Waals surface area contributed by atoms with Crippen LogP contribution in [0.15, 0.2) is 60.7 Å². The van der Waals surface area contributed by atoms with Gasteiger partial charge in [0.25, 0.3) is 0 Å². The molecule has 2 rings (SSSR count). The Morgan fingerprint density at radius 3 is 1.33 bits per heavy atom. The van der Waals surface area contributed by atoms with Crippen LogP contribution in [0.25, 0.3) is 0 Å². The predicted octanol–water partition coefficient (Wildman–Crippen LogP) is 7.19. The van der Waals surface area contributed by atoms with Crippen LogP contribution in [0.2, 0.25) is 0 Å². The highest BCUT2D eigenvalue weighted by atomic mass is 33.1. The molecule has 0 bridgehead atoms. The molecule has 0 saturated carbocycles. The molecule has 0 heterocycles. The molecule has 0 aliphatic rings. The molecule has 2 aromatic rings. The lowest BCUT2D eigenvalue weighted by atomic mass is 10.1. The lowest BCUT2D eigenvalue weighted by molar-refractivity contribution is 0.733. The van der Waals surface area contributed by atoms with Crippen LogP contribution in [0.3, 0.4) is 0 Å². The van der Waals surface area contributed by atoms with E-state index in [2.05, 4.69) is 96.1 Å². The molecule has 24 heavy (non-hydrogen) atoms. The Kier molecular flexibility index (Phi) is 9.45. The molecule has 2 atom stereocenters. The Morgan fingerprint density at radius 2 is 1.00 bits per heavy atom. The quantitative estimate of drug-likeness (QED) is 0.390. The molecule has 0 spiro atoms. The first-order valence-electron chi connectivity index (χ1n) is 9.21. The van der Waals surface area contributed by atoms with Crippen LogP contribution in [0.5, 0.6) is 0 Å². The van der Waals surface area contributed by atoms with Crippen LogP contribution in [0, 0.1) is 0 Å². The summed E-state index contributed by atoms with van der Waals surface area (Å²) in [7, 11) is 4.25. The first-order valence-corrected chi connectivity index (χ1v) is 11.5. The highest BCUT2D eigenvalue weighted by Crippen LogP contribution is 2.37. The first-order chi connectivity index (χ1) is 11.8. The average molecular weight is 359 g/mol. The maximum atomic E-state index is 2.33. The monoisotopic (exact) mass is 358 g/mol. The minimum atomic E-state index is 0.765. The number of hydrogen-bond acceptors (Lipinski definition) is 2. The second-order valence-electron chi connectivity index (χ2n) is 6.30. The van der Waals surface area contributed by atoms with E-state index >= 15 is 0 Å². The van der Waals surface area contributed by atoms with Crippen molar-refractivity contribution in [1.29, 1.82) is 0 Å². The van der Waals surface area contributed by atoms with E-state index in [1.807, 2.05) is 0 Å². The summed E-state index contributed by atoms with van der Waals surface area (Å²) in [4.78, 5) is 0. The van der Waals surface area contributed by atoms with Crippen molar-refractivity contribution in [3.05, 3.63) is 71.8 Å². The van der Waals surface area contributed by atoms with Crippen molar-refractivity contribution in [2.24, 2.45) is 0 Å². The van der Waals surface area contributed by atoms with Gasteiger partial charge in [0.15, 0.2) is 0 Å². The van der Waals surface area contributed by atoms with Crippen molar-refractivity contribution in [1.82, 2.24) is 0 Å². The number of rotatable bonds is 11. The molecule has 0 N–H and O–H groups in total. The lowest BCUT2D eigenvalue weighted by Crippen LogP contribution is -2.06. The third-order valence-corrected chi connectivity index (χ3v) is 8.19. The Labute approximate surface area is 156 Å². The summed E-state index contributed by atoms with van der Waals surface area (Å²) in [6.45, 7) is 4.66. The van der Waals surface area contributed by atoms with Gasteiger partial charge in [-0.2, -0.15) is 0 Å². The van der Waals surface area contributed by atoms with Gasteiger partial charge < -0.3 is 0 Å². The fraction of sp³-hybridized carbons (Fsp3) is 0.455. The summed E-state index contributed by atoms with van der Waals surface area (Å²) in [5, 5.41) is 1.53. The van der Waals surface area contributed by atoms with Crippen LogP contribution >= 0.6 is 21.6 Å². The zero-order chi connectivity index (χ0) is 17.0. The number of hydrogen-bond donors (Lipinski definition) is 0. The first kappa shape index (κ1) is 19.5. The van der Waals surface area contributed by atoms with Gasteiger partial charge in [0.2, 0.25) is 0 Å². The summed E-state index contributed by atoms with van der Waals surface area (Å²) >= 11 is 0. The largest absolute Gasteiger partial charge is 0.0904 e. The van der Waals surface area contributed by atoms with Gasteiger partial charge in [0, 0.05) is 10.5 Å². The summed E-state index contributed by atoms with van der Waals surface area (Å²) in [6.07, 6.45) is 7.50. The van der Waals surface area contributed by atoms with E-state index in [1.165, 1.54) is 49.7 Å². The summed E-state index contributed by atoms with van der Waals surface area (Å²) in [6, 6.07) is 21.8. The molecule has 0 amide bonds. The third-order valence-electron chi connectivity index (χ3n) is 4.43.